The number of carbonyl (C=O) groups is 3. The molecule has 0 heterocycles. The van der Waals surface area contributed by atoms with E-state index in [1.807, 2.05) is 6.07 Å². The minimum Gasteiger partial charge on any atom is -0.338 e. The van der Waals surface area contributed by atoms with Crippen LogP contribution in [0, 0.1) is 17.8 Å². The predicted molar refractivity (Wildman–Crippen MR) is 104 cm³/mol. The van der Waals surface area contributed by atoms with E-state index >= 15 is 0 Å². The molecule has 4 aliphatic rings. The summed E-state index contributed by atoms with van der Waals surface area (Å²) in [6, 6.07) is 8.46. The average Bonchev–Trinajstić information content (AvgIpc) is 2.65. The summed E-state index contributed by atoms with van der Waals surface area (Å²) in [6.07, 6.45) is 7.38. The van der Waals surface area contributed by atoms with Gasteiger partial charge >= 0.3 is 6.03 Å². The second-order valence-corrected chi connectivity index (χ2v) is 8.70. The van der Waals surface area contributed by atoms with Gasteiger partial charge in [0.25, 0.3) is 5.91 Å². The number of hydrazine groups is 1. The molecule has 5 rings (SSSR count). The standard InChI is InChI=1S/C21H28N4O3/c26-18(24-25-19(27)17-4-2-1-3-5-17)6-7-22-20(28)23-21-11-14-8-15(12-21)10-16(9-14)13-21/h1-5,14-16H,6-13H2,(H,24,26)(H,25,27)(H2,22,23,28). The summed E-state index contributed by atoms with van der Waals surface area (Å²) in [5.74, 6) is 1.59. The predicted octanol–water partition coefficient (Wildman–Crippen LogP) is 2.11. The number of urea groups is 1. The molecule has 4 saturated carbocycles. The largest absolute Gasteiger partial charge is 0.338 e. The molecule has 150 valence electrons. The molecule has 0 unspecified atom stereocenters. The minimum atomic E-state index is -0.374. The lowest BCUT2D eigenvalue weighted by Gasteiger charge is -2.56. The van der Waals surface area contributed by atoms with Gasteiger partial charge in [-0.05, 0) is 68.4 Å². The van der Waals surface area contributed by atoms with Crippen molar-refractivity contribution in [1.82, 2.24) is 21.5 Å². The van der Waals surface area contributed by atoms with Gasteiger partial charge in [0.1, 0.15) is 0 Å². The van der Waals surface area contributed by atoms with E-state index in [-0.39, 0.29) is 36.3 Å². The van der Waals surface area contributed by atoms with Crippen molar-refractivity contribution in [3.05, 3.63) is 35.9 Å². The first kappa shape index (κ1) is 18.8. The van der Waals surface area contributed by atoms with Crippen LogP contribution in [0.2, 0.25) is 0 Å². The van der Waals surface area contributed by atoms with Crippen LogP contribution in [0.15, 0.2) is 30.3 Å². The van der Waals surface area contributed by atoms with Gasteiger partial charge in [0.2, 0.25) is 5.91 Å². The van der Waals surface area contributed by atoms with Crippen LogP contribution in [-0.2, 0) is 4.79 Å². The van der Waals surface area contributed by atoms with Gasteiger partial charge in [-0.1, -0.05) is 18.2 Å². The second kappa shape index (κ2) is 7.81. The molecule has 0 aromatic heterocycles. The molecule has 1 aromatic carbocycles. The van der Waals surface area contributed by atoms with Crippen LogP contribution in [0.1, 0.15) is 55.3 Å². The molecule has 28 heavy (non-hydrogen) atoms. The summed E-state index contributed by atoms with van der Waals surface area (Å²) in [5, 5.41) is 6.00. The van der Waals surface area contributed by atoms with Gasteiger partial charge in [0.15, 0.2) is 0 Å². The molecule has 4 bridgehead atoms. The van der Waals surface area contributed by atoms with E-state index < -0.39 is 0 Å². The number of nitrogens with one attached hydrogen (secondary N) is 4. The Morgan fingerprint density at radius 1 is 0.893 bits per heavy atom. The third-order valence-electron chi connectivity index (χ3n) is 6.41. The van der Waals surface area contributed by atoms with E-state index in [9.17, 15) is 14.4 Å². The third-order valence-corrected chi connectivity index (χ3v) is 6.41. The summed E-state index contributed by atoms with van der Waals surface area (Å²) in [7, 11) is 0. The van der Waals surface area contributed by atoms with E-state index in [0.717, 1.165) is 37.0 Å². The number of hydrogen-bond donors (Lipinski definition) is 4. The minimum absolute atomic E-state index is 0.0370. The molecule has 0 radical (unpaired) electrons. The Labute approximate surface area is 165 Å². The number of carbonyl (C=O) groups excluding carboxylic acids is 3. The Bertz CT molecular complexity index is 714. The summed E-state index contributed by atoms with van der Waals surface area (Å²) in [5.41, 5.74) is 5.18. The third kappa shape index (κ3) is 4.29. The molecule has 0 saturated heterocycles. The Balaban J connectivity index is 1.16. The average molecular weight is 384 g/mol. The molecular weight excluding hydrogens is 356 g/mol. The quantitative estimate of drug-likeness (QED) is 0.585. The lowest BCUT2D eigenvalue weighted by atomic mass is 9.53. The molecule has 4 aliphatic carbocycles. The van der Waals surface area contributed by atoms with E-state index in [1.165, 1.54) is 19.3 Å². The van der Waals surface area contributed by atoms with E-state index in [1.54, 1.807) is 24.3 Å². The van der Waals surface area contributed by atoms with Crippen LogP contribution < -0.4 is 21.5 Å². The molecule has 4 amide bonds. The molecule has 0 spiro atoms. The Morgan fingerprint density at radius 3 is 2.11 bits per heavy atom. The van der Waals surface area contributed by atoms with E-state index in [4.69, 9.17) is 0 Å². The van der Waals surface area contributed by atoms with Crippen LogP contribution in [-0.4, -0.2) is 29.9 Å². The van der Waals surface area contributed by atoms with Crippen LogP contribution in [0.4, 0.5) is 4.79 Å². The Hall–Kier alpha value is -2.57. The fraction of sp³-hybridized carbons (Fsp3) is 0.571. The van der Waals surface area contributed by atoms with Crippen molar-refractivity contribution in [2.45, 2.75) is 50.5 Å². The smallest absolute Gasteiger partial charge is 0.315 e. The van der Waals surface area contributed by atoms with Crippen molar-refractivity contribution in [2.75, 3.05) is 6.54 Å². The zero-order chi connectivity index (χ0) is 19.6. The van der Waals surface area contributed by atoms with Crippen molar-refractivity contribution in [1.29, 1.82) is 0 Å². The van der Waals surface area contributed by atoms with Crippen LogP contribution >= 0.6 is 0 Å². The van der Waals surface area contributed by atoms with Crippen molar-refractivity contribution in [2.24, 2.45) is 17.8 Å². The molecule has 4 fully saturated rings. The monoisotopic (exact) mass is 384 g/mol. The van der Waals surface area contributed by atoms with Gasteiger partial charge < -0.3 is 10.6 Å². The van der Waals surface area contributed by atoms with Crippen LogP contribution in [0.3, 0.4) is 0 Å². The maximum Gasteiger partial charge on any atom is 0.315 e. The van der Waals surface area contributed by atoms with Gasteiger partial charge in [0.05, 0.1) is 0 Å². The van der Waals surface area contributed by atoms with Crippen molar-refractivity contribution in [3.63, 3.8) is 0 Å². The van der Waals surface area contributed by atoms with Gasteiger partial charge in [0, 0.05) is 24.1 Å². The van der Waals surface area contributed by atoms with Crippen molar-refractivity contribution >= 4 is 17.8 Å². The molecule has 7 heteroatoms. The lowest BCUT2D eigenvalue weighted by Crippen LogP contribution is -2.61. The summed E-state index contributed by atoms with van der Waals surface area (Å²) in [6.45, 7) is 0.227. The summed E-state index contributed by atoms with van der Waals surface area (Å²) in [4.78, 5) is 36.1. The van der Waals surface area contributed by atoms with E-state index in [2.05, 4.69) is 21.5 Å². The molecule has 0 aliphatic heterocycles. The second-order valence-electron chi connectivity index (χ2n) is 8.70. The molecule has 1 aromatic rings. The molecule has 0 atom stereocenters. The number of hydrogen-bond acceptors (Lipinski definition) is 3. The van der Waals surface area contributed by atoms with Crippen molar-refractivity contribution in [3.8, 4) is 0 Å². The van der Waals surface area contributed by atoms with Gasteiger partial charge in [-0.25, -0.2) is 4.79 Å². The maximum atomic E-state index is 12.3. The zero-order valence-electron chi connectivity index (χ0n) is 16.0. The summed E-state index contributed by atoms with van der Waals surface area (Å²) < 4.78 is 0. The van der Waals surface area contributed by atoms with Crippen LogP contribution in [0.25, 0.3) is 0 Å². The molecule has 4 N–H and O–H groups in total. The first-order chi connectivity index (χ1) is 13.5. The topological polar surface area (TPSA) is 99.3 Å². The SMILES string of the molecule is O=C(CCNC(=O)NC12CC3CC(CC(C3)C1)C2)NNC(=O)c1ccccc1. The van der Waals surface area contributed by atoms with Crippen LogP contribution in [0.5, 0.6) is 0 Å². The first-order valence-electron chi connectivity index (χ1n) is 10.2. The normalized spacial score (nSPS) is 29.8. The number of benzene rings is 1. The highest BCUT2D eigenvalue weighted by atomic mass is 16.2. The molecular formula is C21H28N4O3. The summed E-state index contributed by atoms with van der Waals surface area (Å²) >= 11 is 0. The highest BCUT2D eigenvalue weighted by Crippen LogP contribution is 2.55. The Kier molecular flexibility index (Phi) is 5.24. The van der Waals surface area contributed by atoms with Crippen molar-refractivity contribution < 1.29 is 14.4 Å². The number of amides is 4. The number of rotatable bonds is 5. The molecule has 7 nitrogen and oxygen atoms in total. The van der Waals surface area contributed by atoms with Gasteiger partial charge in [-0.2, -0.15) is 0 Å². The van der Waals surface area contributed by atoms with Gasteiger partial charge in [-0.15, -0.1) is 0 Å². The fourth-order valence-electron chi connectivity index (χ4n) is 5.69. The maximum absolute atomic E-state index is 12.3. The highest BCUT2D eigenvalue weighted by Gasteiger charge is 2.51. The first-order valence-corrected chi connectivity index (χ1v) is 10.2. The van der Waals surface area contributed by atoms with Gasteiger partial charge in [-0.3, -0.25) is 20.4 Å². The highest BCUT2D eigenvalue weighted by molar-refractivity contribution is 5.95. The van der Waals surface area contributed by atoms with E-state index in [0.29, 0.717) is 5.56 Å². The Morgan fingerprint density at radius 2 is 1.50 bits per heavy atom. The zero-order valence-corrected chi connectivity index (χ0v) is 16.0. The lowest BCUT2D eigenvalue weighted by molar-refractivity contribution is -0.121. The fourth-order valence-corrected chi connectivity index (χ4v) is 5.69.